The van der Waals surface area contributed by atoms with E-state index in [9.17, 15) is 9.90 Å². The lowest BCUT2D eigenvalue weighted by Crippen LogP contribution is -2.27. The molecule has 0 spiro atoms. The van der Waals surface area contributed by atoms with Crippen LogP contribution in [0.5, 0.6) is 5.75 Å². The van der Waals surface area contributed by atoms with E-state index < -0.39 is 11.7 Å². The number of aliphatic hydroxyl groups excluding tert-OH is 1. The molecule has 0 fully saturated rings. The molecule has 21 heavy (non-hydrogen) atoms. The van der Waals surface area contributed by atoms with Crippen molar-refractivity contribution < 1.29 is 19.4 Å². The van der Waals surface area contributed by atoms with Crippen LogP contribution >= 0.6 is 0 Å². The maximum atomic E-state index is 11.7. The van der Waals surface area contributed by atoms with Gasteiger partial charge in [0, 0.05) is 29.8 Å². The van der Waals surface area contributed by atoms with E-state index in [4.69, 9.17) is 15.2 Å². The first-order valence-electron chi connectivity index (χ1n) is 6.79. The highest BCUT2D eigenvalue weighted by Gasteiger charge is 2.18. The quantitative estimate of drug-likeness (QED) is 0.773. The average Bonchev–Trinajstić information content (AvgIpc) is 2.39. The van der Waals surface area contributed by atoms with E-state index in [1.54, 1.807) is 39.0 Å². The van der Waals surface area contributed by atoms with Gasteiger partial charge in [-0.15, -0.1) is 0 Å². The van der Waals surface area contributed by atoms with Crippen LogP contribution in [0.4, 0.5) is 10.5 Å². The highest BCUT2D eigenvalue weighted by atomic mass is 16.6. The normalized spacial score (nSPS) is 12.7. The predicted molar refractivity (Wildman–Crippen MR) is 81.7 cm³/mol. The van der Waals surface area contributed by atoms with Gasteiger partial charge >= 0.3 is 6.09 Å². The minimum Gasteiger partial charge on any atom is -0.496 e. The SMILES string of the molecule is COc1cc(NC(=O)OC(C)(C)C)ccc1C(CN)CO. The fourth-order valence-electron chi connectivity index (χ4n) is 1.85. The molecule has 0 bridgehead atoms. The highest BCUT2D eigenvalue weighted by molar-refractivity contribution is 5.85. The summed E-state index contributed by atoms with van der Waals surface area (Å²) in [5, 5.41) is 12.0. The molecule has 1 atom stereocenters. The van der Waals surface area contributed by atoms with Gasteiger partial charge in [-0.3, -0.25) is 5.32 Å². The average molecular weight is 296 g/mol. The molecule has 0 saturated carbocycles. The molecule has 0 heterocycles. The Kier molecular flexibility index (Phi) is 5.99. The van der Waals surface area contributed by atoms with Crippen LogP contribution in [0.3, 0.4) is 0 Å². The number of nitrogens with two attached hydrogens (primary N) is 1. The Balaban J connectivity index is 2.90. The molecular formula is C15H24N2O4. The summed E-state index contributed by atoms with van der Waals surface area (Å²) in [6.45, 7) is 5.63. The second-order valence-electron chi connectivity index (χ2n) is 5.70. The molecular weight excluding hydrogens is 272 g/mol. The number of benzene rings is 1. The molecule has 1 aromatic carbocycles. The van der Waals surface area contributed by atoms with Crippen LogP contribution in [0.25, 0.3) is 0 Å². The fourth-order valence-corrected chi connectivity index (χ4v) is 1.85. The zero-order chi connectivity index (χ0) is 16.0. The number of nitrogens with one attached hydrogen (secondary N) is 1. The van der Waals surface area contributed by atoms with Crippen molar-refractivity contribution in [2.75, 3.05) is 25.6 Å². The molecule has 0 aliphatic carbocycles. The molecule has 1 amide bonds. The maximum absolute atomic E-state index is 11.7. The van der Waals surface area contributed by atoms with Crippen LogP contribution < -0.4 is 15.8 Å². The Bertz CT molecular complexity index is 479. The van der Waals surface area contributed by atoms with Gasteiger partial charge < -0.3 is 20.3 Å². The first-order valence-corrected chi connectivity index (χ1v) is 6.79. The number of methoxy groups -OCH3 is 1. The van der Waals surface area contributed by atoms with Gasteiger partial charge in [0.2, 0.25) is 0 Å². The molecule has 4 N–H and O–H groups in total. The Morgan fingerprint density at radius 3 is 2.57 bits per heavy atom. The number of ether oxygens (including phenoxy) is 2. The summed E-state index contributed by atoms with van der Waals surface area (Å²) in [5.74, 6) is 0.364. The van der Waals surface area contributed by atoms with Crippen LogP contribution in [-0.4, -0.2) is 37.1 Å². The Labute approximate surface area is 125 Å². The van der Waals surface area contributed by atoms with E-state index in [0.717, 1.165) is 5.56 Å². The maximum Gasteiger partial charge on any atom is 0.412 e. The third-order valence-electron chi connectivity index (χ3n) is 2.82. The van der Waals surface area contributed by atoms with E-state index >= 15 is 0 Å². The second-order valence-corrected chi connectivity index (χ2v) is 5.70. The molecule has 0 aliphatic heterocycles. The number of hydrogen-bond acceptors (Lipinski definition) is 5. The minimum absolute atomic E-state index is 0.0638. The third kappa shape index (κ3) is 5.24. The Morgan fingerprint density at radius 1 is 1.43 bits per heavy atom. The number of carbonyl (C=O) groups is 1. The van der Waals surface area contributed by atoms with Gasteiger partial charge in [-0.05, 0) is 26.8 Å². The van der Waals surface area contributed by atoms with Crippen molar-refractivity contribution in [1.29, 1.82) is 0 Å². The number of hydrogen-bond donors (Lipinski definition) is 3. The molecule has 6 heteroatoms. The van der Waals surface area contributed by atoms with Gasteiger partial charge in [0.05, 0.1) is 13.7 Å². The smallest absolute Gasteiger partial charge is 0.412 e. The Hall–Kier alpha value is -1.79. The lowest BCUT2D eigenvalue weighted by molar-refractivity contribution is 0.0636. The van der Waals surface area contributed by atoms with Gasteiger partial charge in [0.15, 0.2) is 0 Å². The number of anilines is 1. The minimum atomic E-state index is -0.560. The summed E-state index contributed by atoms with van der Waals surface area (Å²) in [6, 6.07) is 5.18. The van der Waals surface area contributed by atoms with Crippen LogP contribution in [0, 0.1) is 0 Å². The van der Waals surface area contributed by atoms with E-state index in [2.05, 4.69) is 5.32 Å². The highest BCUT2D eigenvalue weighted by Crippen LogP contribution is 2.29. The summed E-state index contributed by atoms with van der Waals surface area (Å²) in [4.78, 5) is 11.7. The zero-order valence-corrected chi connectivity index (χ0v) is 13.0. The number of amides is 1. The van der Waals surface area contributed by atoms with Gasteiger partial charge in [-0.1, -0.05) is 6.07 Å². The summed E-state index contributed by atoms with van der Waals surface area (Å²) >= 11 is 0. The first kappa shape index (κ1) is 17.3. The first-order chi connectivity index (χ1) is 9.80. The lowest BCUT2D eigenvalue weighted by Gasteiger charge is -2.20. The molecule has 1 rings (SSSR count). The Morgan fingerprint density at radius 2 is 2.10 bits per heavy atom. The monoisotopic (exact) mass is 296 g/mol. The molecule has 0 saturated heterocycles. The number of rotatable bonds is 5. The summed E-state index contributed by atoms with van der Waals surface area (Å²) in [6.07, 6.45) is -0.533. The largest absolute Gasteiger partial charge is 0.496 e. The van der Waals surface area contributed by atoms with Crippen molar-refractivity contribution in [1.82, 2.24) is 0 Å². The van der Waals surface area contributed by atoms with Crippen molar-refractivity contribution in [2.24, 2.45) is 5.73 Å². The molecule has 0 radical (unpaired) electrons. The van der Waals surface area contributed by atoms with Crippen LogP contribution in [0.1, 0.15) is 32.3 Å². The third-order valence-corrected chi connectivity index (χ3v) is 2.82. The van der Waals surface area contributed by atoms with Gasteiger partial charge in [-0.25, -0.2) is 4.79 Å². The fraction of sp³-hybridized carbons (Fsp3) is 0.533. The van der Waals surface area contributed by atoms with Crippen LogP contribution in [0.15, 0.2) is 18.2 Å². The summed E-state index contributed by atoms with van der Waals surface area (Å²) < 4.78 is 10.5. The van der Waals surface area contributed by atoms with Gasteiger partial charge in [0.1, 0.15) is 11.4 Å². The van der Waals surface area contributed by atoms with E-state index in [-0.39, 0.29) is 12.5 Å². The van der Waals surface area contributed by atoms with E-state index in [0.29, 0.717) is 18.0 Å². The lowest BCUT2D eigenvalue weighted by atomic mass is 9.98. The standard InChI is InChI=1S/C15H24N2O4/c1-15(2,3)21-14(19)17-11-5-6-12(10(8-16)9-18)13(7-11)20-4/h5-7,10,18H,8-9,16H2,1-4H3,(H,17,19). The molecule has 0 aromatic heterocycles. The number of aliphatic hydroxyl groups is 1. The second kappa shape index (κ2) is 7.28. The van der Waals surface area contributed by atoms with E-state index in [1.807, 2.05) is 0 Å². The predicted octanol–water partition coefficient (Wildman–Crippen LogP) is 2.08. The number of carbonyl (C=O) groups excluding carboxylic acids is 1. The molecule has 1 unspecified atom stereocenters. The van der Waals surface area contributed by atoms with Crippen molar-refractivity contribution in [2.45, 2.75) is 32.3 Å². The molecule has 1 aromatic rings. The molecule has 118 valence electrons. The van der Waals surface area contributed by atoms with Crippen molar-refractivity contribution >= 4 is 11.8 Å². The summed E-state index contributed by atoms with van der Waals surface area (Å²) in [5.41, 5.74) is 6.42. The van der Waals surface area contributed by atoms with Gasteiger partial charge in [-0.2, -0.15) is 0 Å². The zero-order valence-electron chi connectivity index (χ0n) is 13.0. The van der Waals surface area contributed by atoms with E-state index in [1.165, 1.54) is 7.11 Å². The van der Waals surface area contributed by atoms with Crippen molar-refractivity contribution in [3.05, 3.63) is 23.8 Å². The van der Waals surface area contributed by atoms with Crippen LogP contribution in [-0.2, 0) is 4.74 Å². The summed E-state index contributed by atoms with van der Waals surface area (Å²) in [7, 11) is 1.53. The topological polar surface area (TPSA) is 93.8 Å². The molecule has 6 nitrogen and oxygen atoms in total. The van der Waals surface area contributed by atoms with Gasteiger partial charge in [0.25, 0.3) is 0 Å². The van der Waals surface area contributed by atoms with Crippen molar-refractivity contribution in [3.63, 3.8) is 0 Å². The van der Waals surface area contributed by atoms with Crippen LogP contribution in [0.2, 0.25) is 0 Å². The molecule has 0 aliphatic rings. The van der Waals surface area contributed by atoms with Crippen molar-refractivity contribution in [3.8, 4) is 5.75 Å².